The van der Waals surface area contributed by atoms with Crippen molar-refractivity contribution < 1.29 is 28.7 Å². The molecular formula is C27H28N2O6S. The van der Waals surface area contributed by atoms with Crippen LogP contribution >= 0.6 is 11.8 Å². The summed E-state index contributed by atoms with van der Waals surface area (Å²) in [6, 6.07) is 8.44. The number of hydrogen-bond donors (Lipinski definition) is 0. The summed E-state index contributed by atoms with van der Waals surface area (Å²) in [5, 5.41) is 0. The maximum absolute atomic E-state index is 14.4. The number of esters is 2. The minimum atomic E-state index is -1.35. The predicted octanol–water partition coefficient (Wildman–Crippen LogP) is 4.13. The van der Waals surface area contributed by atoms with Gasteiger partial charge in [-0.15, -0.1) is 11.8 Å². The van der Waals surface area contributed by atoms with E-state index in [4.69, 9.17) is 9.47 Å². The zero-order valence-electron chi connectivity index (χ0n) is 21.1. The first-order valence-corrected chi connectivity index (χ1v) is 12.7. The fourth-order valence-electron chi connectivity index (χ4n) is 5.95. The van der Waals surface area contributed by atoms with Gasteiger partial charge in [-0.3, -0.25) is 14.5 Å². The monoisotopic (exact) mass is 508 g/mol. The molecule has 0 aromatic heterocycles. The molecule has 3 aliphatic rings. The maximum atomic E-state index is 14.4. The second-order valence-electron chi connectivity index (χ2n) is 10.2. The normalized spacial score (nSPS) is 23.8. The second-order valence-corrected chi connectivity index (χ2v) is 11.4. The molecule has 36 heavy (non-hydrogen) atoms. The van der Waals surface area contributed by atoms with Crippen molar-refractivity contribution in [1.82, 2.24) is 0 Å². The predicted molar refractivity (Wildman–Crippen MR) is 137 cm³/mol. The summed E-state index contributed by atoms with van der Waals surface area (Å²) in [5.74, 6) is -1.50. The number of hydrogen-bond acceptors (Lipinski definition) is 7. The van der Waals surface area contributed by atoms with Gasteiger partial charge in [-0.2, -0.15) is 0 Å². The Kier molecular flexibility index (Phi) is 5.48. The molecule has 0 radical (unpaired) electrons. The zero-order valence-corrected chi connectivity index (χ0v) is 21.9. The first-order chi connectivity index (χ1) is 17.0. The van der Waals surface area contributed by atoms with Crippen molar-refractivity contribution >= 4 is 46.9 Å². The van der Waals surface area contributed by atoms with E-state index in [2.05, 4.69) is 13.0 Å². The van der Waals surface area contributed by atoms with E-state index in [-0.39, 0.29) is 40.3 Å². The highest BCUT2D eigenvalue weighted by Crippen LogP contribution is 2.61. The number of amides is 2. The molecule has 5 rings (SSSR count). The lowest BCUT2D eigenvalue weighted by Crippen LogP contribution is -2.56. The van der Waals surface area contributed by atoms with Crippen molar-refractivity contribution in [2.45, 2.75) is 50.4 Å². The molecule has 0 saturated carbocycles. The van der Waals surface area contributed by atoms with E-state index in [0.717, 1.165) is 28.8 Å². The Morgan fingerprint density at radius 2 is 1.58 bits per heavy atom. The van der Waals surface area contributed by atoms with Gasteiger partial charge in [0.15, 0.2) is 0 Å². The first-order valence-electron chi connectivity index (χ1n) is 11.7. The largest absolute Gasteiger partial charge is 0.465 e. The van der Waals surface area contributed by atoms with Gasteiger partial charge in [-0.05, 0) is 56.9 Å². The van der Waals surface area contributed by atoms with Gasteiger partial charge in [-0.1, -0.05) is 24.6 Å². The SMILES string of the molecule is COC(=O)c1cc(C(=O)OC)cc(N2C(=O)CS[C@]23C(=O)N2c4c(cc(C)cc43)[C@@H](C)CC2(C)C)c1. The first kappa shape index (κ1) is 24.4. The minimum Gasteiger partial charge on any atom is -0.465 e. The Morgan fingerprint density at radius 3 is 2.17 bits per heavy atom. The number of ether oxygens (including phenoxy) is 2. The number of nitrogens with zero attached hydrogens (tertiary/aromatic N) is 2. The lowest BCUT2D eigenvalue weighted by Gasteiger charge is -2.44. The number of carbonyl (C=O) groups excluding carboxylic acids is 4. The standard InChI is InChI=1S/C27H28N2O6S/c1-14-7-19-15(2)12-26(3,4)29-22(19)20(8-14)27(25(29)33)28(21(30)13-36-27)18-10-16(23(31)34-5)9-17(11-18)24(32)35-6/h7-11,15H,12-13H2,1-6H3/t15-,27+/m0/s1. The van der Waals surface area contributed by atoms with Crippen LogP contribution in [0.3, 0.4) is 0 Å². The van der Waals surface area contributed by atoms with Crippen LogP contribution in [-0.2, 0) is 23.9 Å². The average Bonchev–Trinajstić information content (AvgIpc) is 3.31. The van der Waals surface area contributed by atoms with Crippen LogP contribution < -0.4 is 9.80 Å². The molecule has 2 aromatic rings. The van der Waals surface area contributed by atoms with Gasteiger partial charge < -0.3 is 14.4 Å². The van der Waals surface area contributed by atoms with E-state index in [9.17, 15) is 19.2 Å². The van der Waals surface area contributed by atoms with Gasteiger partial charge in [0.05, 0.1) is 36.8 Å². The quantitative estimate of drug-likeness (QED) is 0.576. The zero-order chi connectivity index (χ0) is 26.2. The van der Waals surface area contributed by atoms with E-state index in [0.29, 0.717) is 0 Å². The summed E-state index contributed by atoms with van der Waals surface area (Å²) >= 11 is 1.27. The number of rotatable bonds is 3. The molecule has 3 heterocycles. The van der Waals surface area contributed by atoms with Crippen LogP contribution in [0.15, 0.2) is 30.3 Å². The van der Waals surface area contributed by atoms with Gasteiger partial charge in [0.25, 0.3) is 5.91 Å². The molecule has 1 fully saturated rings. The molecule has 8 nitrogen and oxygen atoms in total. The van der Waals surface area contributed by atoms with E-state index < -0.39 is 22.3 Å². The molecule has 2 aromatic carbocycles. The fourth-order valence-corrected chi connectivity index (χ4v) is 7.27. The molecule has 188 valence electrons. The van der Waals surface area contributed by atoms with Crippen molar-refractivity contribution in [2.24, 2.45) is 0 Å². The molecule has 9 heteroatoms. The lowest BCUT2D eigenvalue weighted by atomic mass is 9.80. The molecular weight excluding hydrogens is 480 g/mol. The van der Waals surface area contributed by atoms with Crippen LogP contribution in [0.1, 0.15) is 70.5 Å². The van der Waals surface area contributed by atoms with E-state index in [1.807, 2.05) is 31.7 Å². The summed E-state index contributed by atoms with van der Waals surface area (Å²) in [4.78, 5) is 54.8. The highest BCUT2D eigenvalue weighted by Gasteiger charge is 2.64. The van der Waals surface area contributed by atoms with Gasteiger partial charge in [0.1, 0.15) is 0 Å². The summed E-state index contributed by atoms with van der Waals surface area (Å²) in [5.41, 5.74) is 3.69. The molecule has 0 aliphatic carbocycles. The third-order valence-electron chi connectivity index (χ3n) is 7.29. The topological polar surface area (TPSA) is 93.2 Å². The van der Waals surface area contributed by atoms with Gasteiger partial charge in [0.2, 0.25) is 10.8 Å². The number of methoxy groups -OCH3 is 2. The highest BCUT2D eigenvalue weighted by molar-refractivity contribution is 8.02. The van der Waals surface area contributed by atoms with Crippen molar-refractivity contribution in [3.05, 3.63) is 58.1 Å². The second kappa shape index (κ2) is 8.09. The van der Waals surface area contributed by atoms with E-state index in [1.165, 1.54) is 49.1 Å². The third kappa shape index (κ3) is 3.21. The Balaban J connectivity index is 1.79. The highest BCUT2D eigenvalue weighted by atomic mass is 32.2. The van der Waals surface area contributed by atoms with Gasteiger partial charge >= 0.3 is 11.9 Å². The lowest BCUT2D eigenvalue weighted by molar-refractivity contribution is -0.124. The molecule has 2 amide bonds. The number of aryl methyl sites for hydroxylation is 1. The summed E-state index contributed by atoms with van der Waals surface area (Å²) in [6.45, 7) is 8.25. The maximum Gasteiger partial charge on any atom is 0.337 e. The number of benzene rings is 2. The van der Waals surface area contributed by atoms with Crippen molar-refractivity contribution in [3.8, 4) is 0 Å². The van der Waals surface area contributed by atoms with Gasteiger partial charge in [-0.25, -0.2) is 9.59 Å². The minimum absolute atomic E-state index is 0.0777. The molecule has 1 spiro atoms. The number of fused-ring (bicyclic) bond motifs is 1. The average molecular weight is 509 g/mol. The van der Waals surface area contributed by atoms with Crippen LogP contribution in [0.25, 0.3) is 0 Å². The Morgan fingerprint density at radius 1 is 0.972 bits per heavy atom. The van der Waals surface area contributed by atoms with Gasteiger partial charge in [0, 0.05) is 16.8 Å². The number of thioether (sulfide) groups is 1. The molecule has 0 unspecified atom stereocenters. The third-order valence-corrected chi connectivity index (χ3v) is 8.68. The molecule has 0 bridgehead atoms. The number of anilines is 2. The fraction of sp³-hybridized carbons (Fsp3) is 0.407. The molecule has 2 atom stereocenters. The van der Waals surface area contributed by atoms with E-state index >= 15 is 0 Å². The smallest absolute Gasteiger partial charge is 0.337 e. The van der Waals surface area contributed by atoms with Crippen LogP contribution in [-0.4, -0.2) is 49.3 Å². The van der Waals surface area contributed by atoms with Crippen molar-refractivity contribution in [3.63, 3.8) is 0 Å². The summed E-state index contributed by atoms with van der Waals surface area (Å²) in [7, 11) is 2.48. The van der Waals surface area contributed by atoms with Crippen LogP contribution in [0.2, 0.25) is 0 Å². The Bertz CT molecular complexity index is 1320. The van der Waals surface area contributed by atoms with Crippen LogP contribution in [0, 0.1) is 6.92 Å². The Labute approximate surface area is 213 Å². The van der Waals surface area contributed by atoms with Crippen LogP contribution in [0.5, 0.6) is 0 Å². The Hall–Kier alpha value is -3.33. The van der Waals surface area contributed by atoms with Crippen molar-refractivity contribution in [1.29, 1.82) is 0 Å². The molecule has 1 saturated heterocycles. The molecule has 0 N–H and O–H groups in total. The number of carbonyl (C=O) groups is 4. The van der Waals surface area contributed by atoms with E-state index in [1.54, 1.807) is 0 Å². The van der Waals surface area contributed by atoms with Crippen LogP contribution in [0.4, 0.5) is 11.4 Å². The summed E-state index contributed by atoms with van der Waals surface area (Å²) in [6.07, 6.45) is 0.785. The van der Waals surface area contributed by atoms with Crippen molar-refractivity contribution in [2.75, 3.05) is 29.8 Å². The molecule has 3 aliphatic heterocycles. The summed E-state index contributed by atoms with van der Waals surface area (Å²) < 4.78 is 9.76.